The van der Waals surface area contributed by atoms with Gasteiger partial charge in [-0.25, -0.2) is 0 Å². The molecule has 1 heterocycles. The summed E-state index contributed by atoms with van der Waals surface area (Å²) in [6.45, 7) is 10.9. The van der Waals surface area contributed by atoms with E-state index >= 15 is 0 Å². The minimum absolute atomic E-state index is 0. The third kappa shape index (κ3) is 9.63. The summed E-state index contributed by atoms with van der Waals surface area (Å²) in [5.74, 6) is 1.54. The van der Waals surface area contributed by atoms with Gasteiger partial charge in [0.15, 0.2) is 5.96 Å². The quantitative estimate of drug-likeness (QED) is 0.300. The van der Waals surface area contributed by atoms with Gasteiger partial charge in [0.05, 0.1) is 13.2 Å². The second-order valence-electron chi connectivity index (χ2n) is 8.21. The zero-order valence-electron chi connectivity index (χ0n) is 18.8. The van der Waals surface area contributed by atoms with Gasteiger partial charge in [0, 0.05) is 45.8 Å². The van der Waals surface area contributed by atoms with E-state index in [0.717, 1.165) is 51.9 Å². The molecule has 0 bridgehead atoms. The number of nitrogens with one attached hydrogen (secondary N) is 2. The van der Waals surface area contributed by atoms with Gasteiger partial charge < -0.3 is 20.3 Å². The maximum atomic E-state index is 5.47. The first-order chi connectivity index (χ1) is 13.5. The number of guanidine groups is 1. The smallest absolute Gasteiger partial charge is 0.191 e. The van der Waals surface area contributed by atoms with E-state index in [0.29, 0.717) is 12.0 Å². The first-order valence-electron chi connectivity index (χ1n) is 10.5. The van der Waals surface area contributed by atoms with Gasteiger partial charge in [-0.1, -0.05) is 38.1 Å². The van der Waals surface area contributed by atoms with Crippen molar-refractivity contribution in [2.75, 3.05) is 54.0 Å². The van der Waals surface area contributed by atoms with Crippen LogP contribution < -0.4 is 10.6 Å². The van der Waals surface area contributed by atoms with Crippen molar-refractivity contribution < 1.29 is 4.74 Å². The van der Waals surface area contributed by atoms with Crippen molar-refractivity contribution in [3.8, 4) is 0 Å². The van der Waals surface area contributed by atoms with Crippen LogP contribution in [0.4, 0.5) is 0 Å². The number of aliphatic imine (C=N–C) groups is 1. The van der Waals surface area contributed by atoms with Gasteiger partial charge in [-0.3, -0.25) is 9.89 Å². The fourth-order valence-electron chi connectivity index (χ4n) is 3.52. The molecule has 166 valence electrons. The second-order valence-corrected chi connectivity index (χ2v) is 8.21. The van der Waals surface area contributed by atoms with E-state index in [1.807, 2.05) is 7.05 Å². The number of hydrogen-bond acceptors (Lipinski definition) is 4. The van der Waals surface area contributed by atoms with E-state index in [4.69, 9.17) is 4.74 Å². The Labute approximate surface area is 194 Å². The van der Waals surface area contributed by atoms with Gasteiger partial charge in [0.25, 0.3) is 0 Å². The number of hydrogen-bond donors (Lipinski definition) is 2. The lowest BCUT2D eigenvalue weighted by Gasteiger charge is -2.28. The first-order valence-corrected chi connectivity index (χ1v) is 10.5. The zero-order valence-corrected chi connectivity index (χ0v) is 21.1. The summed E-state index contributed by atoms with van der Waals surface area (Å²) in [5.41, 5.74) is 2.70. The first kappa shape index (κ1) is 26.1. The summed E-state index contributed by atoms with van der Waals surface area (Å²) >= 11 is 0. The number of benzene rings is 1. The second kappa shape index (κ2) is 14.2. The molecule has 1 aliphatic rings. The molecule has 29 heavy (non-hydrogen) atoms. The van der Waals surface area contributed by atoms with Crippen LogP contribution in [0.3, 0.4) is 0 Å². The van der Waals surface area contributed by atoms with E-state index < -0.39 is 0 Å². The van der Waals surface area contributed by atoms with Gasteiger partial charge in [0.1, 0.15) is 0 Å². The molecule has 0 spiro atoms. The van der Waals surface area contributed by atoms with E-state index in [1.54, 1.807) is 0 Å². The summed E-state index contributed by atoms with van der Waals surface area (Å²) in [7, 11) is 6.13. The Kier molecular flexibility index (Phi) is 12.8. The molecule has 0 aromatic heterocycles. The highest BCUT2D eigenvalue weighted by atomic mass is 127. The third-order valence-electron chi connectivity index (χ3n) is 5.26. The van der Waals surface area contributed by atoms with Crippen LogP contribution >= 0.6 is 24.0 Å². The van der Waals surface area contributed by atoms with E-state index in [9.17, 15) is 0 Å². The topological polar surface area (TPSA) is 52.1 Å². The third-order valence-corrected chi connectivity index (χ3v) is 5.26. The molecule has 7 heteroatoms. The largest absolute Gasteiger partial charge is 0.379 e. The Bertz CT molecular complexity index is 603. The van der Waals surface area contributed by atoms with Crippen molar-refractivity contribution >= 4 is 29.9 Å². The molecule has 1 fully saturated rings. The SMILES string of the molecule is CN=C(NCc1ccccc1CN1CCOCC1)NCC(CC(C)C)N(C)C.I. The van der Waals surface area contributed by atoms with Crippen LogP contribution in [0.25, 0.3) is 0 Å². The van der Waals surface area contributed by atoms with E-state index in [2.05, 4.69) is 77.6 Å². The minimum Gasteiger partial charge on any atom is -0.379 e. The zero-order chi connectivity index (χ0) is 20.4. The van der Waals surface area contributed by atoms with Gasteiger partial charge >= 0.3 is 0 Å². The Morgan fingerprint density at radius 1 is 1.14 bits per heavy atom. The van der Waals surface area contributed by atoms with Crippen molar-refractivity contribution in [3.05, 3.63) is 35.4 Å². The fraction of sp³-hybridized carbons (Fsp3) is 0.682. The molecule has 1 unspecified atom stereocenters. The number of rotatable bonds is 9. The molecule has 2 rings (SSSR count). The Morgan fingerprint density at radius 2 is 1.79 bits per heavy atom. The molecule has 1 aromatic carbocycles. The van der Waals surface area contributed by atoms with Crippen LogP contribution in [0.15, 0.2) is 29.3 Å². The van der Waals surface area contributed by atoms with Crippen LogP contribution in [-0.2, 0) is 17.8 Å². The molecule has 0 aliphatic carbocycles. The maximum Gasteiger partial charge on any atom is 0.191 e. The van der Waals surface area contributed by atoms with E-state index in [-0.39, 0.29) is 24.0 Å². The lowest BCUT2D eigenvalue weighted by atomic mass is 10.0. The van der Waals surface area contributed by atoms with Gasteiger partial charge in [-0.05, 0) is 37.6 Å². The van der Waals surface area contributed by atoms with E-state index in [1.165, 1.54) is 17.5 Å². The highest BCUT2D eigenvalue weighted by Gasteiger charge is 2.15. The molecule has 1 aromatic rings. The lowest BCUT2D eigenvalue weighted by molar-refractivity contribution is 0.0341. The van der Waals surface area contributed by atoms with Crippen LogP contribution in [0.5, 0.6) is 0 Å². The fourth-order valence-corrected chi connectivity index (χ4v) is 3.52. The van der Waals surface area contributed by atoms with Crippen LogP contribution in [0.1, 0.15) is 31.4 Å². The molecule has 6 nitrogen and oxygen atoms in total. The Balaban J connectivity index is 0.00000420. The summed E-state index contributed by atoms with van der Waals surface area (Å²) < 4.78 is 5.47. The molecule has 1 saturated heterocycles. The van der Waals surface area contributed by atoms with Gasteiger partial charge in [-0.2, -0.15) is 0 Å². The average Bonchev–Trinajstić information content (AvgIpc) is 2.68. The molecule has 0 amide bonds. The predicted octanol–water partition coefficient (Wildman–Crippen LogP) is 2.78. The normalized spacial score (nSPS) is 16.6. The monoisotopic (exact) mass is 517 g/mol. The highest BCUT2D eigenvalue weighted by Crippen LogP contribution is 2.13. The summed E-state index contributed by atoms with van der Waals surface area (Å²) in [4.78, 5) is 9.16. The molecule has 1 atom stereocenters. The van der Waals surface area contributed by atoms with Crippen molar-refractivity contribution in [1.29, 1.82) is 0 Å². The van der Waals surface area contributed by atoms with Gasteiger partial charge in [-0.15, -0.1) is 24.0 Å². The number of nitrogens with zero attached hydrogens (tertiary/aromatic N) is 3. The maximum absolute atomic E-state index is 5.47. The molecular weight excluding hydrogens is 477 g/mol. The molecule has 0 saturated carbocycles. The van der Waals surface area contributed by atoms with Crippen molar-refractivity contribution in [3.63, 3.8) is 0 Å². The summed E-state index contributed by atoms with van der Waals surface area (Å²) in [5, 5.41) is 6.99. The molecule has 2 N–H and O–H groups in total. The molecule has 0 radical (unpaired) electrons. The molecular formula is C22H40IN5O. The number of likely N-dealkylation sites (N-methyl/N-ethyl adjacent to an activating group) is 1. The van der Waals surface area contributed by atoms with Crippen molar-refractivity contribution in [2.45, 2.75) is 39.4 Å². The number of morpholine rings is 1. The summed E-state index contributed by atoms with van der Waals surface area (Å²) in [6, 6.07) is 9.16. The van der Waals surface area contributed by atoms with Crippen LogP contribution in [0.2, 0.25) is 0 Å². The Morgan fingerprint density at radius 3 is 2.38 bits per heavy atom. The van der Waals surface area contributed by atoms with Crippen molar-refractivity contribution in [1.82, 2.24) is 20.4 Å². The lowest BCUT2D eigenvalue weighted by Crippen LogP contribution is -2.45. The highest BCUT2D eigenvalue weighted by molar-refractivity contribution is 14.0. The minimum atomic E-state index is 0. The number of ether oxygens (including phenoxy) is 1. The number of halogens is 1. The van der Waals surface area contributed by atoms with Gasteiger partial charge in [0.2, 0.25) is 0 Å². The van der Waals surface area contributed by atoms with Crippen LogP contribution in [0, 0.1) is 5.92 Å². The van der Waals surface area contributed by atoms with Crippen LogP contribution in [-0.4, -0.2) is 75.8 Å². The standard InChI is InChI=1S/C22H39N5O.HI/c1-18(2)14-21(26(4)5)16-25-22(23-3)24-15-19-8-6-7-9-20(19)17-27-10-12-28-13-11-27;/h6-9,18,21H,10-17H2,1-5H3,(H2,23,24,25);1H. The predicted molar refractivity (Wildman–Crippen MR) is 133 cm³/mol. The molecule has 1 aliphatic heterocycles. The average molecular weight is 518 g/mol. The Hall–Kier alpha value is -0.900. The van der Waals surface area contributed by atoms with Crippen molar-refractivity contribution in [2.24, 2.45) is 10.9 Å². The summed E-state index contributed by atoms with van der Waals surface area (Å²) in [6.07, 6.45) is 1.17.